The number of hydrogen-bond donors (Lipinski definition) is 0. The van der Waals surface area contributed by atoms with E-state index in [1.54, 1.807) is 0 Å². The van der Waals surface area contributed by atoms with Crippen molar-refractivity contribution in [3.05, 3.63) is 24.3 Å². The summed E-state index contributed by atoms with van der Waals surface area (Å²) in [5.41, 5.74) is 2.02. The Kier molecular flexibility index (Phi) is 6.57. The molecule has 100 valence electrons. The monoisotopic (exact) mass is 274 g/mol. The molecule has 0 aromatic rings. The maximum Gasteiger partial charge on any atom is 0.323 e. The van der Waals surface area contributed by atoms with Crippen LogP contribution in [0.4, 0.5) is 0 Å². The van der Waals surface area contributed by atoms with E-state index in [1.807, 2.05) is 40.0 Å². The third kappa shape index (κ3) is 9.49. The molecule has 0 aliphatic heterocycles. The number of hydrogen-bond acceptors (Lipinski definition) is 3. The second-order valence-electron chi connectivity index (χ2n) is 5.39. The largest absolute Gasteiger partial charge is 0.415 e. The lowest BCUT2D eigenvalue weighted by atomic mass is 10.4. The van der Waals surface area contributed by atoms with Gasteiger partial charge in [-0.3, -0.25) is 0 Å². The van der Waals surface area contributed by atoms with Crippen molar-refractivity contribution in [2.45, 2.75) is 40.0 Å². The normalized spacial score (nSPS) is 12.6. The van der Waals surface area contributed by atoms with Crippen molar-refractivity contribution in [2.24, 2.45) is 0 Å². The van der Waals surface area contributed by atoms with Gasteiger partial charge in [0.05, 0.1) is 13.2 Å². The minimum absolute atomic E-state index is 0.560. The molecule has 0 aliphatic carbocycles. The van der Waals surface area contributed by atoms with Crippen molar-refractivity contribution in [2.75, 3.05) is 13.2 Å². The van der Waals surface area contributed by atoms with Gasteiger partial charge in [-0.2, -0.15) is 0 Å². The molecule has 5 heteroatoms. The van der Waals surface area contributed by atoms with Crippen LogP contribution >= 0.6 is 0 Å². The highest BCUT2D eigenvalue weighted by Gasteiger charge is 2.36. The van der Waals surface area contributed by atoms with Gasteiger partial charge in [0.2, 0.25) is 0 Å². The Morgan fingerprint density at radius 1 is 0.824 bits per heavy atom. The molecule has 0 aromatic carbocycles. The van der Waals surface area contributed by atoms with Gasteiger partial charge >= 0.3 is 17.1 Å². The van der Waals surface area contributed by atoms with E-state index in [0.717, 1.165) is 11.1 Å². The van der Waals surface area contributed by atoms with Gasteiger partial charge < -0.3 is 13.0 Å². The van der Waals surface area contributed by atoms with E-state index in [2.05, 4.69) is 13.2 Å². The first-order valence-corrected chi connectivity index (χ1v) is 11.4. The molecule has 0 heterocycles. The van der Waals surface area contributed by atoms with Crippen LogP contribution in [0.3, 0.4) is 0 Å². The van der Waals surface area contributed by atoms with Gasteiger partial charge in [-0.05, 0) is 40.0 Å². The van der Waals surface area contributed by atoms with Gasteiger partial charge in [0.25, 0.3) is 0 Å². The predicted molar refractivity (Wildman–Crippen MR) is 77.6 cm³/mol. The molecule has 0 amide bonds. The van der Waals surface area contributed by atoms with Crippen LogP contribution in [0.15, 0.2) is 24.3 Å². The van der Waals surface area contributed by atoms with Gasteiger partial charge in [-0.25, -0.2) is 0 Å². The zero-order valence-corrected chi connectivity index (χ0v) is 14.1. The van der Waals surface area contributed by atoms with Crippen molar-refractivity contribution >= 4 is 17.1 Å². The van der Waals surface area contributed by atoms with Crippen molar-refractivity contribution in [1.82, 2.24) is 0 Å². The van der Waals surface area contributed by atoms with Crippen molar-refractivity contribution in [3.8, 4) is 0 Å². The van der Waals surface area contributed by atoms with Gasteiger partial charge in [0, 0.05) is 0 Å². The van der Waals surface area contributed by atoms with Crippen LogP contribution in [-0.2, 0) is 13.0 Å². The van der Waals surface area contributed by atoms with E-state index in [1.165, 1.54) is 0 Å². The molecule has 0 aliphatic rings. The minimum atomic E-state index is -2.13. The standard InChI is InChI=1S/C12H26O3Si2/c1-11(2)9-13-16(5,6)15-17(7,8)14-10-12(3)4/h1,3,9-10H2,2,4-8H3. The lowest BCUT2D eigenvalue weighted by molar-refractivity contribution is 0.215. The highest BCUT2D eigenvalue weighted by atomic mass is 28.5. The first-order chi connectivity index (χ1) is 7.54. The molecule has 17 heavy (non-hydrogen) atoms. The number of rotatable bonds is 8. The molecular formula is C12H26O3Si2. The fourth-order valence-electron chi connectivity index (χ4n) is 1.24. The molecule has 3 nitrogen and oxygen atoms in total. The third-order valence-electron chi connectivity index (χ3n) is 1.82. The summed E-state index contributed by atoms with van der Waals surface area (Å²) in [4.78, 5) is 0. The highest BCUT2D eigenvalue weighted by molar-refractivity contribution is 6.78. The molecule has 0 atom stereocenters. The Labute approximate surface area is 108 Å². The molecule has 0 radical (unpaired) electrons. The lowest BCUT2D eigenvalue weighted by Crippen LogP contribution is -2.48. The smallest absolute Gasteiger partial charge is 0.323 e. The van der Waals surface area contributed by atoms with Crippen LogP contribution in [0.5, 0.6) is 0 Å². The molecular weight excluding hydrogens is 248 g/mol. The predicted octanol–water partition coefficient (Wildman–Crippen LogP) is 3.59. The minimum Gasteiger partial charge on any atom is -0.415 e. The first kappa shape index (κ1) is 16.8. The molecule has 0 aromatic heterocycles. The SMILES string of the molecule is C=C(C)CO[Si](C)(C)O[Si](C)(C)OCC(=C)C. The Balaban J connectivity index is 4.26. The van der Waals surface area contributed by atoms with Crippen LogP contribution in [0.1, 0.15) is 13.8 Å². The Morgan fingerprint density at radius 2 is 1.12 bits per heavy atom. The first-order valence-electron chi connectivity index (χ1n) is 5.81. The van der Waals surface area contributed by atoms with E-state index < -0.39 is 17.1 Å². The van der Waals surface area contributed by atoms with Gasteiger partial charge in [-0.1, -0.05) is 24.3 Å². The molecule has 0 unspecified atom stereocenters. The summed E-state index contributed by atoms with van der Waals surface area (Å²) in [6, 6.07) is 0. The van der Waals surface area contributed by atoms with Crippen molar-refractivity contribution in [3.63, 3.8) is 0 Å². The lowest BCUT2D eigenvalue weighted by Gasteiger charge is -2.32. The molecule has 0 fully saturated rings. The molecule has 0 saturated carbocycles. The van der Waals surface area contributed by atoms with E-state index in [-0.39, 0.29) is 0 Å². The van der Waals surface area contributed by atoms with Gasteiger partial charge in [-0.15, -0.1) is 0 Å². The van der Waals surface area contributed by atoms with Crippen LogP contribution < -0.4 is 0 Å². The van der Waals surface area contributed by atoms with E-state index >= 15 is 0 Å². The summed E-state index contributed by atoms with van der Waals surface area (Å²) in [7, 11) is -4.25. The Morgan fingerprint density at radius 3 is 1.35 bits per heavy atom. The van der Waals surface area contributed by atoms with E-state index in [4.69, 9.17) is 13.0 Å². The molecule has 0 spiro atoms. The summed E-state index contributed by atoms with van der Waals surface area (Å²) >= 11 is 0. The average molecular weight is 275 g/mol. The second kappa shape index (κ2) is 6.65. The van der Waals surface area contributed by atoms with E-state index in [9.17, 15) is 0 Å². The fourth-order valence-corrected chi connectivity index (χ4v) is 7.64. The summed E-state index contributed by atoms with van der Waals surface area (Å²) in [5, 5.41) is 0. The molecule has 0 N–H and O–H groups in total. The summed E-state index contributed by atoms with van der Waals surface area (Å²) in [5.74, 6) is 0. The third-order valence-corrected chi connectivity index (χ3v) is 7.44. The van der Waals surface area contributed by atoms with Crippen LogP contribution in [0, 0.1) is 0 Å². The van der Waals surface area contributed by atoms with Crippen LogP contribution in [-0.4, -0.2) is 30.3 Å². The maximum absolute atomic E-state index is 6.08. The maximum atomic E-state index is 6.08. The summed E-state index contributed by atoms with van der Waals surface area (Å²) in [6.45, 7) is 20.8. The summed E-state index contributed by atoms with van der Waals surface area (Å²) in [6.07, 6.45) is 0. The molecule has 0 saturated heterocycles. The zero-order valence-electron chi connectivity index (χ0n) is 12.1. The molecule has 0 rings (SSSR count). The second-order valence-corrected chi connectivity index (χ2v) is 12.4. The quantitative estimate of drug-likeness (QED) is 0.500. The van der Waals surface area contributed by atoms with Crippen molar-refractivity contribution in [1.29, 1.82) is 0 Å². The van der Waals surface area contributed by atoms with Gasteiger partial charge in [0.15, 0.2) is 0 Å². The van der Waals surface area contributed by atoms with Gasteiger partial charge in [0.1, 0.15) is 0 Å². The Hall–Kier alpha value is -0.206. The van der Waals surface area contributed by atoms with Crippen LogP contribution in [0.2, 0.25) is 26.2 Å². The zero-order chi connectivity index (χ0) is 13.7. The Bertz CT molecular complexity index is 257. The van der Waals surface area contributed by atoms with E-state index in [0.29, 0.717) is 13.2 Å². The van der Waals surface area contributed by atoms with Crippen molar-refractivity contribution < 1.29 is 13.0 Å². The van der Waals surface area contributed by atoms with Crippen LogP contribution in [0.25, 0.3) is 0 Å². The summed E-state index contributed by atoms with van der Waals surface area (Å²) < 4.78 is 17.6. The average Bonchev–Trinajstić information content (AvgIpc) is 2.10. The topological polar surface area (TPSA) is 27.7 Å². The highest BCUT2D eigenvalue weighted by Crippen LogP contribution is 2.17. The fraction of sp³-hybridized carbons (Fsp3) is 0.667. The molecule has 0 bridgehead atoms.